The summed E-state index contributed by atoms with van der Waals surface area (Å²) in [4.78, 5) is 47.4. The average molecular weight is 429 g/mol. The summed E-state index contributed by atoms with van der Waals surface area (Å²) in [6.07, 6.45) is 6.97. The molecule has 0 bridgehead atoms. The first-order chi connectivity index (χ1) is 15.5. The molecule has 3 aromatic rings. The Hall–Kier alpha value is -4.07. The summed E-state index contributed by atoms with van der Waals surface area (Å²) >= 11 is 0. The lowest BCUT2D eigenvalue weighted by Gasteiger charge is -2.26. The predicted octanol–water partition coefficient (Wildman–Crippen LogP) is 3.81. The molecule has 1 fully saturated rings. The Balaban J connectivity index is 1.46. The lowest BCUT2D eigenvalue weighted by Crippen LogP contribution is -2.35. The zero-order valence-electron chi connectivity index (χ0n) is 17.7. The Labute approximate surface area is 185 Å². The fraction of sp³-hybridized carbons (Fsp3) is 0.208. The fourth-order valence-electron chi connectivity index (χ4n) is 3.47. The second-order valence-electron chi connectivity index (χ2n) is 7.60. The Kier molecular flexibility index (Phi) is 6.21. The number of benzene rings is 1. The van der Waals surface area contributed by atoms with E-state index in [1.807, 2.05) is 19.1 Å². The van der Waals surface area contributed by atoms with Crippen LogP contribution in [0.4, 0.5) is 17.1 Å². The average Bonchev–Trinajstić information content (AvgIpc) is 2.81. The molecule has 1 aromatic carbocycles. The van der Waals surface area contributed by atoms with Crippen molar-refractivity contribution in [2.75, 3.05) is 22.1 Å². The highest BCUT2D eigenvalue weighted by Crippen LogP contribution is 2.23. The number of nitrogens with one attached hydrogen (secondary N) is 2. The first kappa shape index (κ1) is 21.2. The van der Waals surface area contributed by atoms with Gasteiger partial charge in [0.25, 0.3) is 11.8 Å². The number of aromatic nitrogens is 2. The Morgan fingerprint density at radius 3 is 2.47 bits per heavy atom. The standard InChI is InChI=1S/C24H23N5O3/c1-16-5-10-21(26-14-16)24(32)28-20-11-12-25-15-19(20)23(31)27-17-6-8-18(9-7-17)29-13-3-2-4-22(29)30/h5-12,14-15H,2-4,13H2,1H3,(H,27,31)(H,25,28,32). The van der Waals surface area contributed by atoms with Gasteiger partial charge in [0, 0.05) is 42.9 Å². The lowest BCUT2D eigenvalue weighted by atomic mass is 10.1. The van der Waals surface area contributed by atoms with Crippen LogP contribution in [0.1, 0.15) is 45.7 Å². The minimum Gasteiger partial charge on any atom is -0.322 e. The van der Waals surface area contributed by atoms with Gasteiger partial charge in [-0.05, 0) is 61.7 Å². The van der Waals surface area contributed by atoms with E-state index in [9.17, 15) is 14.4 Å². The molecule has 3 heterocycles. The number of piperidine rings is 1. The van der Waals surface area contributed by atoms with E-state index in [2.05, 4.69) is 20.6 Å². The van der Waals surface area contributed by atoms with Gasteiger partial charge in [-0.15, -0.1) is 0 Å². The smallest absolute Gasteiger partial charge is 0.274 e. The second-order valence-corrected chi connectivity index (χ2v) is 7.60. The molecule has 2 aromatic heterocycles. The molecule has 0 radical (unpaired) electrons. The van der Waals surface area contributed by atoms with Crippen LogP contribution in [-0.2, 0) is 4.79 Å². The third-order valence-electron chi connectivity index (χ3n) is 5.22. The van der Waals surface area contributed by atoms with Gasteiger partial charge in [0.1, 0.15) is 5.69 Å². The van der Waals surface area contributed by atoms with Crippen molar-refractivity contribution in [1.82, 2.24) is 9.97 Å². The third-order valence-corrected chi connectivity index (χ3v) is 5.22. The summed E-state index contributed by atoms with van der Waals surface area (Å²) < 4.78 is 0. The summed E-state index contributed by atoms with van der Waals surface area (Å²) in [5.74, 6) is -0.709. The van der Waals surface area contributed by atoms with Gasteiger partial charge in [-0.25, -0.2) is 0 Å². The van der Waals surface area contributed by atoms with Gasteiger partial charge in [-0.2, -0.15) is 0 Å². The van der Waals surface area contributed by atoms with Crippen LogP contribution in [0.15, 0.2) is 61.1 Å². The van der Waals surface area contributed by atoms with Crippen LogP contribution in [-0.4, -0.2) is 34.2 Å². The molecule has 0 spiro atoms. The van der Waals surface area contributed by atoms with Crippen LogP contribution < -0.4 is 15.5 Å². The van der Waals surface area contributed by atoms with Gasteiger partial charge in [0.2, 0.25) is 5.91 Å². The quantitative estimate of drug-likeness (QED) is 0.642. The van der Waals surface area contributed by atoms with Crippen molar-refractivity contribution in [2.45, 2.75) is 26.2 Å². The number of amides is 3. The number of hydrogen-bond acceptors (Lipinski definition) is 5. The van der Waals surface area contributed by atoms with Crippen molar-refractivity contribution in [2.24, 2.45) is 0 Å². The van der Waals surface area contributed by atoms with E-state index in [0.29, 0.717) is 24.3 Å². The van der Waals surface area contributed by atoms with E-state index in [4.69, 9.17) is 0 Å². The van der Waals surface area contributed by atoms with Crippen LogP contribution in [0.5, 0.6) is 0 Å². The largest absolute Gasteiger partial charge is 0.322 e. The highest BCUT2D eigenvalue weighted by atomic mass is 16.2. The zero-order valence-corrected chi connectivity index (χ0v) is 17.7. The normalized spacial score (nSPS) is 13.5. The van der Waals surface area contributed by atoms with Crippen molar-refractivity contribution < 1.29 is 14.4 Å². The van der Waals surface area contributed by atoms with Gasteiger partial charge in [-0.3, -0.25) is 24.4 Å². The number of aryl methyl sites for hydroxylation is 1. The van der Waals surface area contributed by atoms with Crippen molar-refractivity contribution in [3.8, 4) is 0 Å². The maximum Gasteiger partial charge on any atom is 0.274 e. The molecule has 1 aliphatic rings. The molecule has 3 amide bonds. The fourth-order valence-corrected chi connectivity index (χ4v) is 3.47. The number of anilines is 3. The van der Waals surface area contributed by atoms with E-state index in [-0.39, 0.29) is 17.2 Å². The molecule has 0 atom stereocenters. The van der Waals surface area contributed by atoms with E-state index >= 15 is 0 Å². The number of nitrogens with zero attached hydrogens (tertiary/aromatic N) is 3. The minimum absolute atomic E-state index is 0.117. The number of hydrogen-bond donors (Lipinski definition) is 2. The first-order valence-corrected chi connectivity index (χ1v) is 10.4. The molecule has 0 unspecified atom stereocenters. The molecule has 8 nitrogen and oxygen atoms in total. The van der Waals surface area contributed by atoms with Gasteiger partial charge < -0.3 is 15.5 Å². The molecule has 4 rings (SSSR count). The van der Waals surface area contributed by atoms with E-state index < -0.39 is 11.8 Å². The summed E-state index contributed by atoms with van der Waals surface area (Å²) in [6, 6.07) is 12.1. The number of carbonyl (C=O) groups is 3. The third kappa shape index (κ3) is 4.80. The van der Waals surface area contributed by atoms with Crippen molar-refractivity contribution in [3.05, 3.63) is 77.9 Å². The molecule has 8 heteroatoms. The van der Waals surface area contributed by atoms with Crippen LogP contribution in [0.25, 0.3) is 0 Å². The molecule has 0 saturated carbocycles. The molecular weight excluding hydrogens is 406 g/mol. The summed E-state index contributed by atoms with van der Waals surface area (Å²) in [7, 11) is 0. The minimum atomic E-state index is -0.416. The van der Waals surface area contributed by atoms with Gasteiger partial charge in [0.15, 0.2) is 0 Å². The summed E-state index contributed by atoms with van der Waals surface area (Å²) in [6.45, 7) is 2.59. The Morgan fingerprint density at radius 1 is 0.938 bits per heavy atom. The highest BCUT2D eigenvalue weighted by molar-refractivity contribution is 6.12. The Bertz CT molecular complexity index is 1140. The molecule has 1 aliphatic heterocycles. The van der Waals surface area contributed by atoms with Crippen molar-refractivity contribution in [3.63, 3.8) is 0 Å². The monoisotopic (exact) mass is 429 g/mol. The summed E-state index contributed by atoms with van der Waals surface area (Å²) in [5.41, 5.74) is 3.14. The first-order valence-electron chi connectivity index (χ1n) is 10.4. The van der Waals surface area contributed by atoms with Gasteiger partial charge in [-0.1, -0.05) is 6.07 Å². The number of carbonyl (C=O) groups excluding carboxylic acids is 3. The van der Waals surface area contributed by atoms with Crippen molar-refractivity contribution in [1.29, 1.82) is 0 Å². The van der Waals surface area contributed by atoms with E-state index in [1.54, 1.807) is 41.4 Å². The topological polar surface area (TPSA) is 104 Å². The second kappa shape index (κ2) is 9.38. The SMILES string of the molecule is Cc1ccc(C(=O)Nc2ccncc2C(=O)Nc2ccc(N3CCCCC3=O)cc2)nc1. The van der Waals surface area contributed by atoms with Crippen LogP contribution >= 0.6 is 0 Å². The maximum absolute atomic E-state index is 12.9. The predicted molar refractivity (Wildman–Crippen MR) is 122 cm³/mol. The lowest BCUT2D eigenvalue weighted by molar-refractivity contribution is -0.119. The Morgan fingerprint density at radius 2 is 1.75 bits per heavy atom. The zero-order chi connectivity index (χ0) is 22.5. The maximum atomic E-state index is 12.9. The molecule has 0 aliphatic carbocycles. The molecular formula is C24H23N5O3. The van der Waals surface area contributed by atoms with Crippen LogP contribution in [0, 0.1) is 6.92 Å². The van der Waals surface area contributed by atoms with Crippen LogP contribution in [0.2, 0.25) is 0 Å². The molecule has 32 heavy (non-hydrogen) atoms. The highest BCUT2D eigenvalue weighted by Gasteiger charge is 2.20. The number of rotatable bonds is 5. The van der Waals surface area contributed by atoms with E-state index in [0.717, 1.165) is 24.1 Å². The molecule has 2 N–H and O–H groups in total. The molecule has 1 saturated heterocycles. The van der Waals surface area contributed by atoms with Crippen molar-refractivity contribution >= 4 is 34.8 Å². The summed E-state index contributed by atoms with van der Waals surface area (Å²) in [5, 5.41) is 5.53. The number of pyridine rings is 2. The molecule has 162 valence electrons. The van der Waals surface area contributed by atoms with Gasteiger partial charge >= 0.3 is 0 Å². The van der Waals surface area contributed by atoms with Crippen LogP contribution in [0.3, 0.4) is 0 Å². The van der Waals surface area contributed by atoms with Gasteiger partial charge in [0.05, 0.1) is 11.3 Å². The van der Waals surface area contributed by atoms with E-state index in [1.165, 1.54) is 12.4 Å².